The summed E-state index contributed by atoms with van der Waals surface area (Å²) >= 11 is 3.38. The molecule has 1 heterocycles. The third-order valence-corrected chi connectivity index (χ3v) is 7.09. The molecule has 170 valence electrons. The summed E-state index contributed by atoms with van der Waals surface area (Å²) in [5.74, 6) is -0.427. The SMILES string of the molecule is O=C(CN(c1ccccc1F)S(=O)(=O)c1ccccc1)N/N=C\c1cc2c(cc1Br)OCO2. The number of rotatable bonds is 7. The molecule has 1 aliphatic heterocycles. The number of benzene rings is 3. The van der Waals surface area contributed by atoms with Crippen LogP contribution in [0.2, 0.25) is 0 Å². The zero-order chi connectivity index (χ0) is 23.4. The molecule has 33 heavy (non-hydrogen) atoms. The molecule has 0 atom stereocenters. The fraction of sp³-hybridized carbons (Fsp3) is 0.0909. The van der Waals surface area contributed by atoms with Crippen LogP contribution in [0.15, 0.2) is 81.2 Å². The fourth-order valence-corrected chi connectivity index (χ4v) is 4.92. The molecule has 0 saturated carbocycles. The predicted octanol–water partition coefficient (Wildman–Crippen LogP) is 3.66. The van der Waals surface area contributed by atoms with Crippen molar-refractivity contribution < 1.29 is 27.1 Å². The first-order chi connectivity index (χ1) is 15.9. The molecule has 11 heteroatoms. The van der Waals surface area contributed by atoms with Crippen LogP contribution in [-0.4, -0.2) is 33.9 Å². The zero-order valence-electron chi connectivity index (χ0n) is 16.9. The van der Waals surface area contributed by atoms with Gasteiger partial charge in [0.1, 0.15) is 12.4 Å². The molecule has 1 aliphatic rings. The number of carbonyl (C=O) groups is 1. The van der Waals surface area contributed by atoms with Crippen molar-refractivity contribution in [2.45, 2.75) is 4.90 Å². The van der Waals surface area contributed by atoms with E-state index in [9.17, 15) is 17.6 Å². The minimum atomic E-state index is -4.22. The molecular formula is C22H17BrFN3O5S. The van der Waals surface area contributed by atoms with E-state index in [2.05, 4.69) is 26.5 Å². The van der Waals surface area contributed by atoms with Crippen LogP contribution in [-0.2, 0) is 14.8 Å². The summed E-state index contributed by atoms with van der Waals surface area (Å²) < 4.78 is 52.8. The lowest BCUT2D eigenvalue weighted by Gasteiger charge is -2.24. The molecule has 0 unspecified atom stereocenters. The van der Waals surface area contributed by atoms with Gasteiger partial charge in [-0.2, -0.15) is 5.10 Å². The molecule has 0 fully saturated rings. The van der Waals surface area contributed by atoms with Crippen molar-refractivity contribution in [3.8, 4) is 11.5 Å². The Balaban J connectivity index is 1.55. The van der Waals surface area contributed by atoms with Gasteiger partial charge in [0.05, 0.1) is 16.8 Å². The zero-order valence-corrected chi connectivity index (χ0v) is 19.3. The monoisotopic (exact) mass is 533 g/mol. The molecule has 3 aromatic carbocycles. The number of sulfonamides is 1. The average molecular weight is 534 g/mol. The minimum absolute atomic E-state index is 0.0751. The van der Waals surface area contributed by atoms with Gasteiger partial charge in [-0.25, -0.2) is 18.2 Å². The van der Waals surface area contributed by atoms with Gasteiger partial charge in [0.15, 0.2) is 11.5 Å². The molecule has 0 bridgehead atoms. The highest BCUT2D eigenvalue weighted by atomic mass is 79.9. The molecule has 0 radical (unpaired) electrons. The van der Waals surface area contributed by atoms with E-state index in [1.54, 1.807) is 30.3 Å². The molecule has 3 aromatic rings. The summed E-state index contributed by atoms with van der Waals surface area (Å²) in [4.78, 5) is 12.5. The van der Waals surface area contributed by atoms with Crippen molar-refractivity contribution in [3.63, 3.8) is 0 Å². The van der Waals surface area contributed by atoms with Crippen molar-refractivity contribution in [1.82, 2.24) is 5.43 Å². The highest BCUT2D eigenvalue weighted by molar-refractivity contribution is 9.10. The average Bonchev–Trinajstić information content (AvgIpc) is 3.26. The molecular weight excluding hydrogens is 517 g/mol. The van der Waals surface area contributed by atoms with Crippen LogP contribution in [0.4, 0.5) is 10.1 Å². The first-order valence-electron chi connectivity index (χ1n) is 9.59. The normalized spacial score (nSPS) is 12.7. The lowest BCUT2D eigenvalue weighted by atomic mass is 10.2. The van der Waals surface area contributed by atoms with Crippen molar-refractivity contribution >= 4 is 43.8 Å². The number of carbonyl (C=O) groups excluding carboxylic acids is 1. The molecule has 1 amide bonds. The summed E-state index contributed by atoms with van der Waals surface area (Å²) in [5, 5.41) is 3.89. The van der Waals surface area contributed by atoms with Crippen LogP contribution in [0.25, 0.3) is 0 Å². The number of nitrogens with zero attached hydrogens (tertiary/aromatic N) is 2. The van der Waals surface area contributed by atoms with Gasteiger partial charge in [-0.05, 0) is 52.3 Å². The molecule has 0 aromatic heterocycles. The van der Waals surface area contributed by atoms with Crippen LogP contribution >= 0.6 is 15.9 Å². The molecule has 4 rings (SSSR count). The molecule has 0 aliphatic carbocycles. The Morgan fingerprint density at radius 3 is 2.48 bits per heavy atom. The van der Waals surface area contributed by atoms with Crippen LogP contribution < -0.4 is 19.2 Å². The highest BCUT2D eigenvalue weighted by Gasteiger charge is 2.29. The van der Waals surface area contributed by atoms with Crippen LogP contribution in [0.3, 0.4) is 0 Å². The van der Waals surface area contributed by atoms with E-state index in [4.69, 9.17) is 9.47 Å². The summed E-state index contributed by atoms with van der Waals surface area (Å²) in [6, 6.07) is 16.2. The fourth-order valence-electron chi connectivity index (χ4n) is 3.04. The lowest BCUT2D eigenvalue weighted by molar-refractivity contribution is -0.119. The predicted molar refractivity (Wildman–Crippen MR) is 123 cm³/mol. The molecule has 0 spiro atoms. The number of para-hydroxylation sites is 1. The third-order valence-electron chi connectivity index (χ3n) is 4.62. The maximum absolute atomic E-state index is 14.5. The van der Waals surface area contributed by atoms with Gasteiger partial charge in [0.2, 0.25) is 6.79 Å². The van der Waals surface area contributed by atoms with Gasteiger partial charge >= 0.3 is 0 Å². The van der Waals surface area contributed by atoms with Gasteiger partial charge in [-0.3, -0.25) is 9.10 Å². The molecule has 0 saturated heterocycles. The highest BCUT2D eigenvalue weighted by Crippen LogP contribution is 2.36. The molecule has 1 N–H and O–H groups in total. The topological polar surface area (TPSA) is 97.3 Å². The summed E-state index contributed by atoms with van der Waals surface area (Å²) in [7, 11) is -4.22. The summed E-state index contributed by atoms with van der Waals surface area (Å²) in [5.41, 5.74) is 2.63. The second kappa shape index (κ2) is 9.59. The number of nitrogens with one attached hydrogen (secondary N) is 1. The van der Waals surface area contributed by atoms with Gasteiger partial charge in [-0.1, -0.05) is 30.3 Å². The Kier molecular flexibility index (Phi) is 6.61. The van der Waals surface area contributed by atoms with E-state index in [1.807, 2.05) is 0 Å². The van der Waals surface area contributed by atoms with Gasteiger partial charge in [0.25, 0.3) is 15.9 Å². The largest absolute Gasteiger partial charge is 0.454 e. The Labute approximate surface area is 197 Å². The number of hydrazone groups is 1. The van der Waals surface area contributed by atoms with E-state index in [-0.39, 0.29) is 17.4 Å². The standard InChI is InChI=1S/C22H17BrFN3O5S/c23-17-11-21-20(31-14-32-21)10-15(17)12-25-26-22(28)13-27(19-9-5-4-8-18(19)24)33(29,30)16-6-2-1-3-7-16/h1-12H,13-14H2,(H,26,28)/b25-12-. The molecule has 8 nitrogen and oxygen atoms in total. The smallest absolute Gasteiger partial charge is 0.264 e. The number of hydrogen-bond acceptors (Lipinski definition) is 6. The quantitative estimate of drug-likeness (QED) is 0.369. The first kappa shape index (κ1) is 22.7. The Bertz CT molecular complexity index is 1320. The Morgan fingerprint density at radius 1 is 1.09 bits per heavy atom. The van der Waals surface area contributed by atoms with Crippen molar-refractivity contribution in [2.75, 3.05) is 17.6 Å². The number of amides is 1. The number of hydrogen-bond donors (Lipinski definition) is 1. The maximum Gasteiger partial charge on any atom is 0.264 e. The first-order valence-corrected chi connectivity index (χ1v) is 11.8. The van der Waals surface area contributed by atoms with E-state index in [0.717, 1.165) is 6.07 Å². The van der Waals surface area contributed by atoms with E-state index in [1.165, 1.54) is 36.5 Å². The van der Waals surface area contributed by atoms with Crippen molar-refractivity contribution in [2.24, 2.45) is 5.10 Å². The Morgan fingerprint density at radius 2 is 1.76 bits per heavy atom. The second-order valence-corrected chi connectivity index (χ2v) is 9.51. The van der Waals surface area contributed by atoms with Crippen molar-refractivity contribution in [3.05, 3.63) is 82.6 Å². The summed E-state index contributed by atoms with van der Waals surface area (Å²) in [6.45, 7) is -0.571. The van der Waals surface area contributed by atoms with Crippen LogP contribution in [0, 0.1) is 5.82 Å². The Hall–Kier alpha value is -3.44. The second-order valence-electron chi connectivity index (χ2n) is 6.80. The van der Waals surface area contributed by atoms with E-state index >= 15 is 0 Å². The van der Waals surface area contributed by atoms with Crippen LogP contribution in [0.1, 0.15) is 5.56 Å². The van der Waals surface area contributed by atoms with Gasteiger partial charge < -0.3 is 9.47 Å². The number of anilines is 1. The van der Waals surface area contributed by atoms with Gasteiger partial charge in [-0.15, -0.1) is 0 Å². The lowest BCUT2D eigenvalue weighted by Crippen LogP contribution is -2.40. The van der Waals surface area contributed by atoms with E-state index < -0.39 is 28.3 Å². The van der Waals surface area contributed by atoms with E-state index in [0.29, 0.717) is 25.8 Å². The minimum Gasteiger partial charge on any atom is -0.454 e. The number of halogens is 2. The third kappa shape index (κ3) is 4.99. The maximum atomic E-state index is 14.5. The van der Waals surface area contributed by atoms with Crippen molar-refractivity contribution in [1.29, 1.82) is 0 Å². The summed E-state index contributed by atoms with van der Waals surface area (Å²) in [6.07, 6.45) is 1.36. The van der Waals surface area contributed by atoms with Crippen LogP contribution in [0.5, 0.6) is 11.5 Å². The number of ether oxygens (including phenoxy) is 2. The van der Waals surface area contributed by atoms with Gasteiger partial charge in [0, 0.05) is 10.0 Å². The number of fused-ring (bicyclic) bond motifs is 1.